The molecular formula is C19H15NO7. The van der Waals surface area contributed by atoms with Crippen molar-refractivity contribution < 1.29 is 28.7 Å². The summed E-state index contributed by atoms with van der Waals surface area (Å²) in [6, 6.07) is 10.5. The smallest absolute Gasteiger partial charge is 0.331 e. The molecular weight excluding hydrogens is 354 g/mol. The van der Waals surface area contributed by atoms with Crippen LogP contribution in [0.25, 0.3) is 6.08 Å². The fourth-order valence-corrected chi connectivity index (χ4v) is 2.39. The van der Waals surface area contributed by atoms with Gasteiger partial charge in [-0.25, -0.2) is 4.79 Å². The lowest BCUT2D eigenvalue weighted by atomic mass is 10.1. The van der Waals surface area contributed by atoms with Crippen molar-refractivity contribution in [3.05, 3.63) is 69.8 Å². The van der Waals surface area contributed by atoms with Crippen LogP contribution in [0, 0.1) is 10.1 Å². The number of nitrogens with zero attached hydrogens (tertiary/aromatic N) is 1. The molecule has 1 heterocycles. The summed E-state index contributed by atoms with van der Waals surface area (Å²) in [4.78, 5) is 34.1. The Morgan fingerprint density at radius 2 is 1.89 bits per heavy atom. The Balaban J connectivity index is 1.56. The minimum Gasteiger partial charge on any atom is -0.486 e. The maximum atomic E-state index is 12.2. The second kappa shape index (κ2) is 8.13. The molecule has 0 fully saturated rings. The van der Waals surface area contributed by atoms with Gasteiger partial charge in [0.1, 0.15) is 13.2 Å². The van der Waals surface area contributed by atoms with Crippen LogP contribution >= 0.6 is 0 Å². The topological polar surface area (TPSA) is 105 Å². The normalized spacial score (nSPS) is 12.6. The van der Waals surface area contributed by atoms with Gasteiger partial charge in [0.05, 0.1) is 4.92 Å². The number of rotatable bonds is 6. The van der Waals surface area contributed by atoms with Gasteiger partial charge in [0, 0.05) is 23.8 Å². The number of ketones is 1. The number of benzene rings is 2. The Kier molecular flexibility index (Phi) is 5.46. The van der Waals surface area contributed by atoms with E-state index in [1.807, 2.05) is 0 Å². The number of ether oxygens (including phenoxy) is 3. The van der Waals surface area contributed by atoms with Crippen LogP contribution in [0.2, 0.25) is 0 Å². The highest BCUT2D eigenvalue weighted by atomic mass is 16.6. The second-order valence-electron chi connectivity index (χ2n) is 5.57. The van der Waals surface area contributed by atoms with Gasteiger partial charge in [-0.3, -0.25) is 14.9 Å². The second-order valence-corrected chi connectivity index (χ2v) is 5.57. The average molecular weight is 369 g/mol. The van der Waals surface area contributed by atoms with Gasteiger partial charge in [-0.15, -0.1) is 0 Å². The highest BCUT2D eigenvalue weighted by Crippen LogP contribution is 2.30. The molecule has 2 aromatic rings. The van der Waals surface area contributed by atoms with Crippen molar-refractivity contribution in [3.63, 3.8) is 0 Å². The molecule has 0 saturated heterocycles. The van der Waals surface area contributed by atoms with Crippen LogP contribution < -0.4 is 9.47 Å². The van der Waals surface area contributed by atoms with Crippen LogP contribution in [-0.4, -0.2) is 36.5 Å². The summed E-state index contributed by atoms with van der Waals surface area (Å²) in [5, 5.41) is 10.7. The van der Waals surface area contributed by atoms with E-state index in [-0.39, 0.29) is 11.5 Å². The van der Waals surface area contributed by atoms with Crippen LogP contribution in [-0.2, 0) is 9.53 Å². The lowest BCUT2D eigenvalue weighted by Gasteiger charge is -2.18. The summed E-state index contributed by atoms with van der Waals surface area (Å²) in [6.07, 6.45) is 2.49. The number of hydrogen-bond donors (Lipinski definition) is 0. The number of esters is 1. The number of hydrogen-bond acceptors (Lipinski definition) is 7. The Labute approximate surface area is 154 Å². The van der Waals surface area contributed by atoms with Gasteiger partial charge in [0.15, 0.2) is 23.9 Å². The molecule has 1 aliphatic rings. The predicted octanol–water partition coefficient (Wildman–Crippen LogP) is 2.81. The average Bonchev–Trinajstić information content (AvgIpc) is 2.70. The quantitative estimate of drug-likeness (QED) is 0.253. The predicted molar refractivity (Wildman–Crippen MR) is 94.9 cm³/mol. The van der Waals surface area contributed by atoms with Crippen molar-refractivity contribution >= 4 is 23.5 Å². The monoisotopic (exact) mass is 369 g/mol. The zero-order valence-corrected chi connectivity index (χ0v) is 14.1. The zero-order valence-electron chi connectivity index (χ0n) is 14.1. The standard InChI is InChI=1S/C19H15NO7/c21-16(14-5-6-17-18(11-14)26-9-8-25-17)12-27-19(22)7-4-13-2-1-3-15(10-13)20(23)24/h1-7,10-11H,8-9,12H2/b7-4+. The van der Waals surface area contributed by atoms with Crippen LogP contribution in [0.4, 0.5) is 5.69 Å². The first-order chi connectivity index (χ1) is 13.0. The third-order valence-corrected chi connectivity index (χ3v) is 3.70. The number of Topliss-reactive ketones (excluding diaryl/α,β-unsaturated/α-hetero) is 1. The zero-order chi connectivity index (χ0) is 19.2. The molecule has 2 aromatic carbocycles. The van der Waals surface area contributed by atoms with E-state index in [9.17, 15) is 19.7 Å². The van der Waals surface area contributed by atoms with Crippen molar-refractivity contribution in [2.75, 3.05) is 19.8 Å². The summed E-state index contributed by atoms with van der Waals surface area (Å²) < 4.78 is 15.7. The summed E-state index contributed by atoms with van der Waals surface area (Å²) in [5.74, 6) is -0.0739. The highest BCUT2D eigenvalue weighted by molar-refractivity contribution is 5.99. The lowest BCUT2D eigenvalue weighted by molar-refractivity contribution is -0.384. The molecule has 3 rings (SSSR count). The molecule has 0 atom stereocenters. The fourth-order valence-electron chi connectivity index (χ4n) is 2.39. The molecule has 0 aromatic heterocycles. The van der Waals surface area contributed by atoms with Crippen molar-refractivity contribution in [1.82, 2.24) is 0 Å². The third-order valence-electron chi connectivity index (χ3n) is 3.70. The Morgan fingerprint density at radius 3 is 2.67 bits per heavy atom. The number of nitro groups is 1. The summed E-state index contributed by atoms with van der Waals surface area (Å²) in [5.41, 5.74) is 0.730. The number of carbonyl (C=O) groups excluding carboxylic acids is 2. The largest absolute Gasteiger partial charge is 0.486 e. The number of carbonyl (C=O) groups is 2. The maximum Gasteiger partial charge on any atom is 0.331 e. The fraction of sp³-hybridized carbons (Fsp3) is 0.158. The van der Waals surface area contributed by atoms with Crippen LogP contribution in [0.3, 0.4) is 0 Å². The molecule has 0 unspecified atom stereocenters. The van der Waals surface area contributed by atoms with Crippen LogP contribution in [0.1, 0.15) is 15.9 Å². The van der Waals surface area contributed by atoms with E-state index in [1.54, 1.807) is 24.3 Å². The first-order valence-electron chi connectivity index (χ1n) is 8.05. The van der Waals surface area contributed by atoms with Gasteiger partial charge in [-0.1, -0.05) is 12.1 Å². The van der Waals surface area contributed by atoms with Crippen LogP contribution in [0.15, 0.2) is 48.5 Å². The lowest BCUT2D eigenvalue weighted by Crippen LogP contribution is -2.17. The van der Waals surface area contributed by atoms with Gasteiger partial charge in [0.25, 0.3) is 5.69 Å². The molecule has 0 bridgehead atoms. The Bertz CT molecular complexity index is 920. The van der Waals surface area contributed by atoms with E-state index in [1.165, 1.54) is 24.3 Å². The summed E-state index contributed by atoms with van der Waals surface area (Å²) >= 11 is 0. The van der Waals surface area contributed by atoms with Gasteiger partial charge < -0.3 is 14.2 Å². The maximum absolute atomic E-state index is 12.2. The molecule has 0 aliphatic carbocycles. The van der Waals surface area contributed by atoms with Crippen molar-refractivity contribution in [2.45, 2.75) is 0 Å². The third kappa shape index (κ3) is 4.69. The molecule has 0 N–H and O–H groups in total. The SMILES string of the molecule is O=C(/C=C/c1cccc([N+](=O)[O-])c1)OCC(=O)c1ccc2c(c1)OCCO2. The minimum absolute atomic E-state index is 0.0840. The van der Waals surface area contributed by atoms with E-state index >= 15 is 0 Å². The minimum atomic E-state index is -0.729. The first kappa shape index (κ1) is 18.1. The molecule has 27 heavy (non-hydrogen) atoms. The Morgan fingerprint density at radius 1 is 1.11 bits per heavy atom. The Hall–Kier alpha value is -3.68. The van der Waals surface area contributed by atoms with E-state index in [0.717, 1.165) is 6.08 Å². The van der Waals surface area contributed by atoms with Gasteiger partial charge in [-0.2, -0.15) is 0 Å². The first-order valence-corrected chi connectivity index (χ1v) is 8.05. The molecule has 138 valence electrons. The molecule has 0 amide bonds. The van der Waals surface area contributed by atoms with E-state index in [2.05, 4.69) is 0 Å². The molecule has 0 radical (unpaired) electrons. The highest BCUT2D eigenvalue weighted by Gasteiger charge is 2.15. The van der Waals surface area contributed by atoms with Crippen molar-refractivity contribution in [2.24, 2.45) is 0 Å². The van der Waals surface area contributed by atoms with E-state index in [4.69, 9.17) is 14.2 Å². The molecule has 8 heteroatoms. The molecule has 0 spiro atoms. The number of fused-ring (bicyclic) bond motifs is 1. The summed E-state index contributed by atoms with van der Waals surface area (Å²) in [6.45, 7) is 0.425. The van der Waals surface area contributed by atoms with Crippen LogP contribution in [0.5, 0.6) is 11.5 Å². The van der Waals surface area contributed by atoms with Crippen molar-refractivity contribution in [1.29, 1.82) is 0 Å². The van der Waals surface area contributed by atoms with E-state index < -0.39 is 17.5 Å². The molecule has 8 nitrogen and oxygen atoms in total. The molecule has 1 aliphatic heterocycles. The molecule has 0 saturated carbocycles. The van der Waals surface area contributed by atoms with Gasteiger partial charge in [-0.05, 0) is 29.8 Å². The van der Waals surface area contributed by atoms with Crippen molar-refractivity contribution in [3.8, 4) is 11.5 Å². The number of nitro benzene ring substituents is 1. The van der Waals surface area contributed by atoms with E-state index in [0.29, 0.717) is 35.8 Å². The van der Waals surface area contributed by atoms with Gasteiger partial charge >= 0.3 is 5.97 Å². The summed E-state index contributed by atoms with van der Waals surface area (Å²) in [7, 11) is 0. The van der Waals surface area contributed by atoms with Gasteiger partial charge in [0.2, 0.25) is 0 Å². The number of non-ortho nitro benzene ring substituents is 1.